The van der Waals surface area contributed by atoms with Crippen LogP contribution in [0.4, 0.5) is 8.78 Å². The van der Waals surface area contributed by atoms with Crippen molar-refractivity contribution in [3.05, 3.63) is 112 Å². The molecule has 36 heavy (non-hydrogen) atoms. The minimum atomic E-state index is -0.778. The number of fused-ring (bicyclic) bond motifs is 1. The monoisotopic (exact) mass is 490 g/mol. The number of pyridine rings is 1. The number of hydrogen-bond acceptors (Lipinski definition) is 4. The Morgan fingerprint density at radius 2 is 1.64 bits per heavy atom. The third-order valence-electron chi connectivity index (χ3n) is 5.67. The number of carbonyl (C=O) groups is 2. The predicted molar refractivity (Wildman–Crippen MR) is 133 cm³/mol. The number of halogens is 2. The van der Waals surface area contributed by atoms with Gasteiger partial charge >= 0.3 is 0 Å². The second kappa shape index (κ2) is 10.9. The molecule has 1 aromatic heterocycles. The third kappa shape index (κ3) is 5.16. The molecule has 0 atom stereocenters. The van der Waals surface area contributed by atoms with E-state index in [2.05, 4.69) is 10.6 Å². The first-order valence-electron chi connectivity index (χ1n) is 11.3. The second-order valence-electron chi connectivity index (χ2n) is 8.09. The number of benzene rings is 3. The van der Waals surface area contributed by atoms with Gasteiger partial charge in [-0.3, -0.25) is 19.0 Å². The largest absolute Gasteiger partial charge is 0.350 e. The minimum Gasteiger partial charge on any atom is -0.350 e. The van der Waals surface area contributed by atoms with Crippen LogP contribution in [-0.2, 0) is 17.9 Å². The summed E-state index contributed by atoms with van der Waals surface area (Å²) in [6.07, 6.45) is 0.0544. The molecule has 0 radical (unpaired) electrons. The molecule has 0 spiro atoms. The molecule has 0 unspecified atom stereocenters. The molecule has 0 aliphatic heterocycles. The van der Waals surface area contributed by atoms with Gasteiger partial charge in [0, 0.05) is 30.6 Å². The molecule has 184 valence electrons. The molecule has 0 aliphatic carbocycles. The molecule has 0 fully saturated rings. The van der Waals surface area contributed by atoms with E-state index in [4.69, 9.17) is 5.73 Å². The lowest BCUT2D eigenvalue weighted by molar-refractivity contribution is -0.121. The van der Waals surface area contributed by atoms with Gasteiger partial charge in [0.2, 0.25) is 5.91 Å². The highest BCUT2D eigenvalue weighted by molar-refractivity contribution is 6.08. The Hall–Kier alpha value is -4.37. The maximum absolute atomic E-state index is 15.0. The zero-order chi connectivity index (χ0) is 25.7. The molecule has 4 N–H and O–H groups in total. The number of nitrogens with one attached hydrogen (secondary N) is 2. The molecule has 0 aliphatic rings. The van der Waals surface area contributed by atoms with Gasteiger partial charge in [-0.2, -0.15) is 0 Å². The fourth-order valence-corrected chi connectivity index (χ4v) is 4.04. The normalized spacial score (nSPS) is 10.9. The van der Waals surface area contributed by atoms with E-state index in [1.807, 2.05) is 0 Å². The summed E-state index contributed by atoms with van der Waals surface area (Å²) in [5.41, 5.74) is 5.92. The number of para-hydroxylation sites is 1. The van der Waals surface area contributed by atoms with E-state index in [1.165, 1.54) is 34.9 Å². The first-order chi connectivity index (χ1) is 17.4. The summed E-state index contributed by atoms with van der Waals surface area (Å²) in [6.45, 7) is -0.0593. The smallest absolute Gasteiger partial charge is 0.266 e. The zero-order valence-corrected chi connectivity index (χ0v) is 19.3. The summed E-state index contributed by atoms with van der Waals surface area (Å²) >= 11 is 0. The van der Waals surface area contributed by atoms with Crippen molar-refractivity contribution in [2.24, 2.45) is 5.73 Å². The SMILES string of the molecule is NCCC(=O)NCc1c(C(=O)NCc2cccc(F)c2)c2cccc(F)c2c(=O)n1-c1ccccc1. The van der Waals surface area contributed by atoms with Crippen LogP contribution in [0.1, 0.15) is 28.0 Å². The maximum Gasteiger partial charge on any atom is 0.266 e. The average molecular weight is 491 g/mol. The standard InChI is InChI=1S/C27H24F2N4O3/c28-18-7-4-6-17(14-18)15-32-26(35)25-20-10-5-11-21(29)24(20)27(36)33(19-8-2-1-3-9-19)22(25)16-31-23(34)12-13-30/h1-11,14H,12-13,15-16,30H2,(H,31,34)(H,32,35). The van der Waals surface area contributed by atoms with Crippen molar-refractivity contribution in [3.8, 4) is 5.69 Å². The van der Waals surface area contributed by atoms with E-state index in [0.717, 1.165) is 6.07 Å². The Kier molecular flexibility index (Phi) is 7.50. The minimum absolute atomic E-state index is 0.00314. The Bertz CT molecular complexity index is 1490. The Morgan fingerprint density at radius 3 is 2.36 bits per heavy atom. The number of hydrogen-bond donors (Lipinski definition) is 3. The van der Waals surface area contributed by atoms with Crippen LogP contribution in [0, 0.1) is 11.6 Å². The molecule has 1 heterocycles. The van der Waals surface area contributed by atoms with Crippen LogP contribution in [0.5, 0.6) is 0 Å². The number of carbonyl (C=O) groups excluding carboxylic acids is 2. The van der Waals surface area contributed by atoms with Crippen LogP contribution in [0.3, 0.4) is 0 Å². The lowest BCUT2D eigenvalue weighted by Gasteiger charge is -2.20. The van der Waals surface area contributed by atoms with Crippen molar-refractivity contribution in [1.29, 1.82) is 0 Å². The van der Waals surface area contributed by atoms with Gasteiger partial charge in [0.1, 0.15) is 11.6 Å². The predicted octanol–water partition coefficient (Wildman–Crippen LogP) is 3.16. The molecule has 3 aromatic carbocycles. The fraction of sp³-hybridized carbons (Fsp3) is 0.148. The average Bonchev–Trinajstić information content (AvgIpc) is 2.87. The lowest BCUT2D eigenvalue weighted by Crippen LogP contribution is -2.34. The van der Waals surface area contributed by atoms with Crippen LogP contribution in [-0.4, -0.2) is 22.9 Å². The molecule has 0 bridgehead atoms. The summed E-state index contributed by atoms with van der Waals surface area (Å²) < 4.78 is 29.8. The van der Waals surface area contributed by atoms with Gasteiger partial charge in [-0.15, -0.1) is 0 Å². The van der Waals surface area contributed by atoms with E-state index in [9.17, 15) is 23.2 Å². The van der Waals surface area contributed by atoms with E-state index in [1.54, 1.807) is 36.4 Å². The maximum atomic E-state index is 15.0. The van der Waals surface area contributed by atoms with Crippen molar-refractivity contribution >= 4 is 22.6 Å². The summed E-state index contributed by atoms with van der Waals surface area (Å²) in [4.78, 5) is 39.3. The Balaban J connectivity index is 1.91. The molecule has 7 nitrogen and oxygen atoms in total. The lowest BCUT2D eigenvalue weighted by atomic mass is 10.0. The summed E-state index contributed by atoms with van der Waals surface area (Å²) in [5, 5.41) is 5.27. The van der Waals surface area contributed by atoms with Crippen molar-refractivity contribution in [1.82, 2.24) is 15.2 Å². The van der Waals surface area contributed by atoms with E-state index in [-0.39, 0.29) is 54.0 Å². The summed E-state index contributed by atoms with van der Waals surface area (Å²) in [6, 6.07) is 18.2. The number of aromatic nitrogens is 1. The quantitative estimate of drug-likeness (QED) is 0.353. The second-order valence-corrected chi connectivity index (χ2v) is 8.09. The van der Waals surface area contributed by atoms with Crippen LogP contribution in [0.25, 0.3) is 16.5 Å². The molecule has 0 saturated heterocycles. The molecule has 9 heteroatoms. The fourth-order valence-electron chi connectivity index (χ4n) is 4.04. The van der Waals surface area contributed by atoms with Gasteiger partial charge in [-0.1, -0.05) is 42.5 Å². The van der Waals surface area contributed by atoms with Crippen molar-refractivity contribution in [2.45, 2.75) is 19.5 Å². The van der Waals surface area contributed by atoms with E-state index < -0.39 is 23.1 Å². The third-order valence-corrected chi connectivity index (χ3v) is 5.67. The van der Waals surface area contributed by atoms with E-state index >= 15 is 0 Å². The molecule has 0 saturated carbocycles. The molecular weight excluding hydrogens is 466 g/mol. The number of nitrogens with two attached hydrogens (primary N) is 1. The number of nitrogens with zero attached hydrogens (tertiary/aromatic N) is 1. The van der Waals surface area contributed by atoms with Crippen molar-refractivity contribution in [3.63, 3.8) is 0 Å². The molecule has 4 aromatic rings. The highest BCUT2D eigenvalue weighted by Crippen LogP contribution is 2.25. The molecule has 2 amide bonds. The Morgan fingerprint density at radius 1 is 0.889 bits per heavy atom. The van der Waals surface area contributed by atoms with Gasteiger partial charge in [0.25, 0.3) is 11.5 Å². The first-order valence-corrected chi connectivity index (χ1v) is 11.3. The Labute approximate surface area is 205 Å². The topological polar surface area (TPSA) is 106 Å². The van der Waals surface area contributed by atoms with Gasteiger partial charge in [-0.05, 0) is 35.9 Å². The van der Waals surface area contributed by atoms with Crippen molar-refractivity contribution < 1.29 is 18.4 Å². The van der Waals surface area contributed by atoms with Crippen LogP contribution in [0.15, 0.2) is 77.6 Å². The van der Waals surface area contributed by atoms with Gasteiger partial charge in [0.05, 0.1) is 23.2 Å². The van der Waals surface area contributed by atoms with Gasteiger partial charge in [0.15, 0.2) is 0 Å². The zero-order valence-electron chi connectivity index (χ0n) is 19.3. The summed E-state index contributed by atoms with van der Waals surface area (Å²) in [5.74, 6) is -2.20. The van der Waals surface area contributed by atoms with E-state index in [0.29, 0.717) is 11.3 Å². The highest BCUT2D eigenvalue weighted by Gasteiger charge is 2.24. The van der Waals surface area contributed by atoms with Gasteiger partial charge < -0.3 is 16.4 Å². The number of rotatable bonds is 8. The molecular formula is C27H24F2N4O3. The van der Waals surface area contributed by atoms with Gasteiger partial charge in [-0.25, -0.2) is 8.78 Å². The number of amides is 2. The molecule has 4 rings (SSSR count). The van der Waals surface area contributed by atoms with Crippen LogP contribution in [0.2, 0.25) is 0 Å². The van der Waals surface area contributed by atoms with Crippen LogP contribution < -0.4 is 21.9 Å². The first kappa shape index (κ1) is 24.7. The van der Waals surface area contributed by atoms with Crippen LogP contribution >= 0.6 is 0 Å². The van der Waals surface area contributed by atoms with Crippen molar-refractivity contribution in [2.75, 3.05) is 6.54 Å². The highest BCUT2D eigenvalue weighted by atomic mass is 19.1. The summed E-state index contributed by atoms with van der Waals surface area (Å²) in [7, 11) is 0.